The van der Waals surface area contributed by atoms with Gasteiger partial charge in [-0.05, 0) is 32.7 Å². The summed E-state index contributed by atoms with van der Waals surface area (Å²) in [6.45, 7) is 5.02. The molecule has 1 heterocycles. The monoisotopic (exact) mass is 229 g/mol. The number of rotatable bonds is 6. The van der Waals surface area contributed by atoms with Gasteiger partial charge in [-0.2, -0.15) is 0 Å². The fourth-order valence-corrected chi connectivity index (χ4v) is 2.18. The summed E-state index contributed by atoms with van der Waals surface area (Å²) in [6, 6.07) is -0.0226. The first-order chi connectivity index (χ1) is 7.79. The molecule has 0 saturated carbocycles. The molecule has 1 saturated heterocycles. The summed E-state index contributed by atoms with van der Waals surface area (Å²) in [7, 11) is 1.71. The molecule has 0 bridgehead atoms. The number of piperidine rings is 1. The van der Waals surface area contributed by atoms with Gasteiger partial charge in [-0.25, -0.2) is 0 Å². The Morgan fingerprint density at radius 1 is 1.44 bits per heavy atom. The first kappa shape index (κ1) is 13.5. The van der Waals surface area contributed by atoms with Gasteiger partial charge in [0.2, 0.25) is 0 Å². The molecule has 0 aromatic carbocycles. The summed E-state index contributed by atoms with van der Waals surface area (Å²) < 4.78 is 10.1. The second kappa shape index (κ2) is 7.63. The highest BCUT2D eigenvalue weighted by Gasteiger charge is 2.29. The molecule has 0 amide bonds. The first-order valence-electron chi connectivity index (χ1n) is 6.19. The van der Waals surface area contributed by atoms with Gasteiger partial charge in [0, 0.05) is 20.3 Å². The van der Waals surface area contributed by atoms with E-state index in [0.29, 0.717) is 6.61 Å². The van der Waals surface area contributed by atoms with Gasteiger partial charge in [0.1, 0.15) is 6.04 Å². The average molecular weight is 229 g/mol. The maximum absolute atomic E-state index is 11.7. The summed E-state index contributed by atoms with van der Waals surface area (Å²) in [5.74, 6) is -0.0559. The zero-order valence-electron chi connectivity index (χ0n) is 10.4. The third kappa shape index (κ3) is 4.10. The van der Waals surface area contributed by atoms with Crippen molar-refractivity contribution >= 4 is 5.97 Å². The van der Waals surface area contributed by atoms with E-state index in [9.17, 15) is 4.79 Å². The van der Waals surface area contributed by atoms with Crippen molar-refractivity contribution < 1.29 is 14.3 Å². The lowest BCUT2D eigenvalue weighted by Crippen LogP contribution is -2.46. The molecular formula is C12H23NO3. The third-order valence-corrected chi connectivity index (χ3v) is 2.97. The Balaban J connectivity index is 2.40. The van der Waals surface area contributed by atoms with Crippen molar-refractivity contribution in [3.8, 4) is 0 Å². The van der Waals surface area contributed by atoms with Crippen LogP contribution in [0.5, 0.6) is 0 Å². The van der Waals surface area contributed by atoms with Crippen LogP contribution >= 0.6 is 0 Å². The normalized spacial score (nSPS) is 22.0. The molecule has 0 aliphatic carbocycles. The number of ether oxygens (including phenoxy) is 2. The molecule has 1 aliphatic heterocycles. The Kier molecular flexibility index (Phi) is 6.42. The minimum absolute atomic E-state index is 0.0226. The number of likely N-dealkylation sites (tertiary alicyclic amines) is 1. The fourth-order valence-electron chi connectivity index (χ4n) is 2.18. The molecule has 1 fully saturated rings. The molecule has 0 aromatic rings. The Labute approximate surface area is 97.9 Å². The Morgan fingerprint density at radius 2 is 2.25 bits per heavy atom. The highest BCUT2D eigenvalue weighted by molar-refractivity contribution is 5.75. The Hall–Kier alpha value is -0.610. The number of carbonyl (C=O) groups excluding carboxylic acids is 1. The first-order valence-corrected chi connectivity index (χ1v) is 6.19. The van der Waals surface area contributed by atoms with Crippen molar-refractivity contribution in [1.29, 1.82) is 0 Å². The molecule has 0 aromatic heterocycles. The smallest absolute Gasteiger partial charge is 0.323 e. The van der Waals surface area contributed by atoms with Crippen LogP contribution in [0.1, 0.15) is 32.6 Å². The number of methoxy groups -OCH3 is 1. The van der Waals surface area contributed by atoms with Gasteiger partial charge < -0.3 is 9.47 Å². The van der Waals surface area contributed by atoms with E-state index in [1.54, 1.807) is 7.11 Å². The summed E-state index contributed by atoms with van der Waals surface area (Å²) in [6.07, 6.45) is 4.23. The van der Waals surface area contributed by atoms with Crippen LogP contribution in [0.25, 0.3) is 0 Å². The van der Waals surface area contributed by atoms with E-state index < -0.39 is 0 Å². The number of hydrogen-bond acceptors (Lipinski definition) is 4. The molecule has 4 nitrogen and oxygen atoms in total. The number of carbonyl (C=O) groups is 1. The number of hydrogen-bond donors (Lipinski definition) is 0. The van der Waals surface area contributed by atoms with Gasteiger partial charge in [-0.3, -0.25) is 9.69 Å². The van der Waals surface area contributed by atoms with Gasteiger partial charge in [0.15, 0.2) is 0 Å². The summed E-state index contributed by atoms with van der Waals surface area (Å²) >= 11 is 0. The van der Waals surface area contributed by atoms with Gasteiger partial charge >= 0.3 is 5.97 Å². The van der Waals surface area contributed by atoms with Crippen LogP contribution in [-0.2, 0) is 14.3 Å². The van der Waals surface area contributed by atoms with Gasteiger partial charge in [0.25, 0.3) is 0 Å². The molecule has 0 unspecified atom stereocenters. The van der Waals surface area contributed by atoms with Crippen LogP contribution in [-0.4, -0.2) is 50.3 Å². The van der Waals surface area contributed by atoms with Gasteiger partial charge in [-0.1, -0.05) is 6.42 Å². The van der Waals surface area contributed by atoms with Crippen molar-refractivity contribution in [2.24, 2.45) is 0 Å². The van der Waals surface area contributed by atoms with Crippen molar-refractivity contribution in [2.75, 3.05) is 33.4 Å². The van der Waals surface area contributed by atoms with E-state index in [2.05, 4.69) is 4.90 Å². The van der Waals surface area contributed by atoms with E-state index >= 15 is 0 Å². The van der Waals surface area contributed by atoms with Crippen molar-refractivity contribution in [3.63, 3.8) is 0 Å². The molecule has 1 atom stereocenters. The van der Waals surface area contributed by atoms with E-state index in [0.717, 1.165) is 39.0 Å². The molecule has 1 rings (SSSR count). The SMILES string of the molecule is CCOC(=O)[C@@H]1CCCCN1CCCOC. The van der Waals surface area contributed by atoms with Crippen LogP contribution in [0.15, 0.2) is 0 Å². The minimum Gasteiger partial charge on any atom is -0.465 e. The van der Waals surface area contributed by atoms with Crippen molar-refractivity contribution in [1.82, 2.24) is 4.90 Å². The average Bonchev–Trinajstić information content (AvgIpc) is 2.30. The summed E-state index contributed by atoms with van der Waals surface area (Å²) in [5, 5.41) is 0. The lowest BCUT2D eigenvalue weighted by molar-refractivity contribution is -0.151. The number of esters is 1. The van der Waals surface area contributed by atoms with E-state index in [1.165, 1.54) is 6.42 Å². The lowest BCUT2D eigenvalue weighted by Gasteiger charge is -2.33. The molecule has 16 heavy (non-hydrogen) atoms. The van der Waals surface area contributed by atoms with Crippen LogP contribution in [0, 0.1) is 0 Å². The van der Waals surface area contributed by atoms with E-state index in [1.807, 2.05) is 6.92 Å². The maximum Gasteiger partial charge on any atom is 0.323 e. The lowest BCUT2D eigenvalue weighted by atomic mass is 10.0. The molecule has 4 heteroatoms. The summed E-state index contributed by atoms with van der Waals surface area (Å²) in [5.41, 5.74) is 0. The maximum atomic E-state index is 11.7. The fraction of sp³-hybridized carbons (Fsp3) is 0.917. The van der Waals surface area contributed by atoms with E-state index in [4.69, 9.17) is 9.47 Å². The molecular weight excluding hydrogens is 206 g/mol. The molecule has 0 spiro atoms. The van der Waals surface area contributed by atoms with Gasteiger partial charge in [0.05, 0.1) is 6.61 Å². The number of nitrogens with zero attached hydrogens (tertiary/aromatic N) is 1. The zero-order valence-corrected chi connectivity index (χ0v) is 10.4. The minimum atomic E-state index is -0.0559. The van der Waals surface area contributed by atoms with E-state index in [-0.39, 0.29) is 12.0 Å². The predicted molar refractivity (Wildman–Crippen MR) is 62.3 cm³/mol. The largest absolute Gasteiger partial charge is 0.465 e. The second-order valence-corrected chi connectivity index (χ2v) is 4.15. The molecule has 0 N–H and O–H groups in total. The highest BCUT2D eigenvalue weighted by atomic mass is 16.5. The third-order valence-electron chi connectivity index (χ3n) is 2.97. The summed E-state index contributed by atoms with van der Waals surface area (Å²) in [4.78, 5) is 14.0. The second-order valence-electron chi connectivity index (χ2n) is 4.15. The van der Waals surface area contributed by atoms with Crippen LogP contribution in [0.2, 0.25) is 0 Å². The molecule has 1 aliphatic rings. The predicted octanol–water partition coefficient (Wildman–Crippen LogP) is 1.44. The Morgan fingerprint density at radius 3 is 2.94 bits per heavy atom. The van der Waals surface area contributed by atoms with Crippen molar-refractivity contribution in [2.45, 2.75) is 38.6 Å². The topological polar surface area (TPSA) is 38.8 Å². The van der Waals surface area contributed by atoms with Crippen LogP contribution in [0.4, 0.5) is 0 Å². The standard InChI is InChI=1S/C12H23NO3/c1-3-16-12(14)11-7-4-5-8-13(11)9-6-10-15-2/h11H,3-10H2,1-2H3/t11-/m0/s1. The quantitative estimate of drug-likeness (QED) is 0.510. The Bertz CT molecular complexity index is 208. The van der Waals surface area contributed by atoms with Crippen molar-refractivity contribution in [3.05, 3.63) is 0 Å². The molecule has 0 radical (unpaired) electrons. The van der Waals surface area contributed by atoms with Crippen LogP contribution < -0.4 is 0 Å². The zero-order chi connectivity index (χ0) is 11.8. The van der Waals surface area contributed by atoms with Crippen LogP contribution in [0.3, 0.4) is 0 Å². The highest BCUT2D eigenvalue weighted by Crippen LogP contribution is 2.18. The van der Waals surface area contributed by atoms with Gasteiger partial charge in [-0.15, -0.1) is 0 Å². The molecule has 94 valence electrons.